The van der Waals surface area contributed by atoms with Gasteiger partial charge in [0.05, 0.1) is 16.2 Å². The number of nitrogens with two attached hydrogens (primary N) is 1. The number of hydrogen-bond donors (Lipinski definition) is 1. The van der Waals surface area contributed by atoms with E-state index in [2.05, 4.69) is 27.0 Å². The molecule has 0 spiro atoms. The summed E-state index contributed by atoms with van der Waals surface area (Å²) < 4.78 is 0. The van der Waals surface area contributed by atoms with Crippen molar-refractivity contribution in [3.05, 3.63) is 34.4 Å². The van der Waals surface area contributed by atoms with Crippen LogP contribution < -0.4 is 10.6 Å². The van der Waals surface area contributed by atoms with Gasteiger partial charge in [-0.2, -0.15) is 0 Å². The van der Waals surface area contributed by atoms with E-state index >= 15 is 0 Å². The van der Waals surface area contributed by atoms with E-state index in [9.17, 15) is 0 Å². The van der Waals surface area contributed by atoms with Crippen LogP contribution in [0.4, 0.5) is 5.95 Å². The molecule has 8 heteroatoms. The molecular weight excluding hydrogens is 377 g/mol. The van der Waals surface area contributed by atoms with Gasteiger partial charge in [-0.05, 0) is 37.3 Å². The lowest BCUT2D eigenvalue weighted by molar-refractivity contribution is 0.389. The van der Waals surface area contributed by atoms with Gasteiger partial charge in [-0.3, -0.25) is 0 Å². The molecule has 2 aliphatic heterocycles. The quantitative estimate of drug-likeness (QED) is 0.845. The van der Waals surface area contributed by atoms with Crippen molar-refractivity contribution in [2.24, 2.45) is 11.7 Å². The third kappa shape index (κ3) is 3.33. The van der Waals surface area contributed by atoms with Gasteiger partial charge in [0, 0.05) is 23.0 Å². The second kappa shape index (κ2) is 6.91. The van der Waals surface area contributed by atoms with E-state index in [0.29, 0.717) is 39.0 Å². The number of anilines is 1. The number of rotatable bonds is 3. The molecule has 0 saturated carbocycles. The molecule has 2 N–H and O–H groups in total. The molecular formula is C17H19Cl2N5S. The smallest absolute Gasteiger partial charge is 0.245 e. The summed E-state index contributed by atoms with van der Waals surface area (Å²) in [6.07, 6.45) is 4.90. The van der Waals surface area contributed by atoms with Crippen LogP contribution in [0.1, 0.15) is 26.2 Å². The molecule has 132 valence electrons. The number of nitrogens with zero attached hydrogens (tertiary/aromatic N) is 4. The molecule has 2 aliphatic rings. The maximum absolute atomic E-state index is 6.23. The van der Waals surface area contributed by atoms with Crippen LogP contribution in [-0.4, -0.2) is 33.3 Å². The maximum Gasteiger partial charge on any atom is 0.245 e. The first-order valence-corrected chi connectivity index (χ1v) is 9.95. The van der Waals surface area contributed by atoms with E-state index in [1.807, 2.05) is 12.1 Å². The van der Waals surface area contributed by atoms with Gasteiger partial charge in [0.1, 0.15) is 5.03 Å². The predicted molar refractivity (Wildman–Crippen MR) is 101 cm³/mol. The first-order valence-electron chi connectivity index (χ1n) is 8.38. The number of halogens is 2. The highest BCUT2D eigenvalue weighted by Crippen LogP contribution is 2.41. The Hall–Kier alpha value is -1.08. The van der Waals surface area contributed by atoms with Gasteiger partial charge in [-0.25, -0.2) is 4.98 Å². The zero-order chi connectivity index (χ0) is 17.6. The Labute approximate surface area is 161 Å². The third-order valence-corrected chi connectivity index (χ3v) is 6.95. The van der Waals surface area contributed by atoms with Crippen molar-refractivity contribution in [1.29, 1.82) is 0 Å². The van der Waals surface area contributed by atoms with E-state index in [0.717, 1.165) is 24.2 Å². The van der Waals surface area contributed by atoms with Crippen LogP contribution in [-0.2, 0) is 0 Å². The zero-order valence-electron chi connectivity index (χ0n) is 13.8. The van der Waals surface area contributed by atoms with Crippen LogP contribution in [0, 0.1) is 5.92 Å². The van der Waals surface area contributed by atoms with E-state index in [1.165, 1.54) is 11.8 Å². The summed E-state index contributed by atoms with van der Waals surface area (Å²) in [5, 5.41) is 10.5. The largest absolute Gasteiger partial charge is 0.333 e. The van der Waals surface area contributed by atoms with E-state index < -0.39 is 0 Å². The Morgan fingerprint density at radius 3 is 2.76 bits per heavy atom. The summed E-state index contributed by atoms with van der Waals surface area (Å²) in [7, 11) is 0. The minimum absolute atomic E-state index is 0.281. The molecule has 3 heterocycles. The second-order valence-corrected chi connectivity index (χ2v) is 8.67. The highest BCUT2D eigenvalue weighted by molar-refractivity contribution is 7.99. The van der Waals surface area contributed by atoms with Gasteiger partial charge in [-0.1, -0.05) is 48.0 Å². The number of hydrogen-bond acceptors (Lipinski definition) is 6. The van der Waals surface area contributed by atoms with E-state index in [-0.39, 0.29) is 6.04 Å². The van der Waals surface area contributed by atoms with Gasteiger partial charge in [0.2, 0.25) is 5.95 Å². The van der Waals surface area contributed by atoms with Crippen molar-refractivity contribution >= 4 is 40.9 Å². The normalized spacial score (nSPS) is 28.4. The first-order chi connectivity index (χ1) is 12.0. The van der Waals surface area contributed by atoms with Gasteiger partial charge in [0.15, 0.2) is 0 Å². The molecule has 2 fully saturated rings. The van der Waals surface area contributed by atoms with Crippen molar-refractivity contribution in [2.45, 2.75) is 54.2 Å². The summed E-state index contributed by atoms with van der Waals surface area (Å²) in [6.45, 7) is 2.29. The van der Waals surface area contributed by atoms with Crippen LogP contribution in [0.2, 0.25) is 10.0 Å². The Morgan fingerprint density at radius 2 is 2.04 bits per heavy atom. The molecule has 0 aliphatic carbocycles. The summed E-state index contributed by atoms with van der Waals surface area (Å²) >= 11 is 13.7. The fraction of sp³-hybridized carbons (Fsp3) is 0.471. The molecule has 25 heavy (non-hydrogen) atoms. The molecule has 1 aromatic heterocycles. The molecule has 5 nitrogen and oxygen atoms in total. The van der Waals surface area contributed by atoms with Crippen LogP contribution in [0.5, 0.6) is 0 Å². The monoisotopic (exact) mass is 395 g/mol. The molecule has 4 atom stereocenters. The number of aromatic nitrogens is 3. The van der Waals surface area contributed by atoms with Crippen LogP contribution in [0.3, 0.4) is 0 Å². The lowest BCUT2D eigenvalue weighted by atomic mass is 9.96. The highest BCUT2D eigenvalue weighted by Gasteiger charge is 2.45. The molecule has 2 aromatic rings. The predicted octanol–water partition coefficient (Wildman–Crippen LogP) is 4.03. The SMILES string of the molecule is C[C@H]1C[C@H]2CC(N)C[C@H]1N2c1ncc(Sc2cccc(Cl)c2Cl)nn1. The fourth-order valence-electron chi connectivity index (χ4n) is 3.97. The highest BCUT2D eigenvalue weighted by atomic mass is 35.5. The Morgan fingerprint density at radius 1 is 1.20 bits per heavy atom. The van der Waals surface area contributed by atoms with Crippen LogP contribution in [0.25, 0.3) is 0 Å². The van der Waals surface area contributed by atoms with Crippen LogP contribution in [0.15, 0.2) is 34.3 Å². The van der Waals surface area contributed by atoms with Crippen LogP contribution >= 0.6 is 35.0 Å². The average molecular weight is 396 g/mol. The Bertz CT molecular complexity index is 770. The number of piperidine rings is 1. The third-order valence-electron chi connectivity index (χ3n) is 5.06. The summed E-state index contributed by atoms with van der Waals surface area (Å²) in [5.41, 5.74) is 6.18. The zero-order valence-corrected chi connectivity index (χ0v) is 16.1. The average Bonchev–Trinajstić information content (AvgIpc) is 2.79. The van der Waals surface area contributed by atoms with Crippen molar-refractivity contribution in [3.63, 3.8) is 0 Å². The maximum atomic E-state index is 6.23. The van der Waals surface area contributed by atoms with Gasteiger partial charge in [0.25, 0.3) is 0 Å². The molecule has 2 bridgehead atoms. The van der Waals surface area contributed by atoms with Crippen molar-refractivity contribution in [1.82, 2.24) is 15.2 Å². The minimum atomic E-state index is 0.281. The van der Waals surface area contributed by atoms with Gasteiger partial charge < -0.3 is 10.6 Å². The summed E-state index contributed by atoms with van der Waals surface area (Å²) in [5.74, 6) is 1.31. The standard InChI is InChI=1S/C17H19Cl2N5S/c1-9-5-11-6-10(20)7-13(9)24(11)17-21-8-15(22-23-17)25-14-4-2-3-12(18)16(14)19/h2-4,8-11,13H,5-7,20H2,1H3/t9-,10?,11-,13+/m0/s1. The lowest BCUT2D eigenvalue weighted by Gasteiger charge is -2.38. The fourth-order valence-corrected chi connectivity index (χ4v) is 5.20. The summed E-state index contributed by atoms with van der Waals surface area (Å²) in [6, 6.07) is 6.65. The molecule has 0 radical (unpaired) electrons. The lowest BCUT2D eigenvalue weighted by Crippen LogP contribution is -2.49. The topological polar surface area (TPSA) is 67.9 Å². The Kier molecular flexibility index (Phi) is 4.79. The van der Waals surface area contributed by atoms with E-state index in [1.54, 1.807) is 12.3 Å². The molecule has 0 amide bonds. The first kappa shape index (κ1) is 17.3. The van der Waals surface area contributed by atoms with Crippen molar-refractivity contribution in [3.8, 4) is 0 Å². The summed E-state index contributed by atoms with van der Waals surface area (Å²) in [4.78, 5) is 7.73. The van der Waals surface area contributed by atoms with Gasteiger partial charge >= 0.3 is 0 Å². The van der Waals surface area contributed by atoms with Crippen molar-refractivity contribution < 1.29 is 0 Å². The number of fused-ring (bicyclic) bond motifs is 2. The second-order valence-electron chi connectivity index (χ2n) is 6.82. The molecule has 2 saturated heterocycles. The molecule has 4 rings (SSSR count). The van der Waals surface area contributed by atoms with Gasteiger partial charge in [-0.15, -0.1) is 10.2 Å². The Balaban J connectivity index is 1.54. The van der Waals surface area contributed by atoms with E-state index in [4.69, 9.17) is 28.9 Å². The minimum Gasteiger partial charge on any atom is -0.333 e. The van der Waals surface area contributed by atoms with Crippen molar-refractivity contribution in [2.75, 3.05) is 4.90 Å². The molecule has 1 aromatic carbocycles. The molecule has 1 unspecified atom stereocenters. The number of benzene rings is 1.